The van der Waals surface area contributed by atoms with Gasteiger partial charge in [0.1, 0.15) is 5.75 Å². The fraction of sp³-hybridized carbons (Fsp3) is 0.206. The normalized spacial score (nSPS) is 15.0. The molecule has 0 unspecified atom stereocenters. The Kier molecular flexibility index (Phi) is 8.37. The molecule has 0 N–H and O–H groups in total. The number of aromatic nitrogens is 2. The number of carbonyl (C=O) groups excluding carboxylic acids is 1. The van der Waals surface area contributed by atoms with Crippen LogP contribution in [0.3, 0.4) is 0 Å². The van der Waals surface area contributed by atoms with Crippen molar-refractivity contribution < 1.29 is 14.3 Å². The Labute approximate surface area is 271 Å². The van der Waals surface area contributed by atoms with Crippen molar-refractivity contribution in [2.24, 2.45) is 4.99 Å². The Morgan fingerprint density at radius 3 is 2.57 bits per heavy atom. The summed E-state index contributed by atoms with van der Waals surface area (Å²) < 4.78 is 16.0. The smallest absolute Gasteiger partial charge is 0.338 e. The zero-order valence-corrected chi connectivity index (χ0v) is 27.7. The van der Waals surface area contributed by atoms with Gasteiger partial charge in [-0.05, 0) is 84.2 Å². The number of rotatable bonds is 7. The van der Waals surface area contributed by atoms with Gasteiger partial charge in [-0.1, -0.05) is 59.3 Å². The van der Waals surface area contributed by atoms with Crippen LogP contribution in [0.25, 0.3) is 17.0 Å². The number of benzene rings is 3. The summed E-state index contributed by atoms with van der Waals surface area (Å²) in [6, 6.07) is 20.8. The van der Waals surface area contributed by atoms with Crippen LogP contribution in [0.5, 0.6) is 5.75 Å². The Hall–Kier alpha value is -3.92. The van der Waals surface area contributed by atoms with E-state index in [1.54, 1.807) is 25.5 Å². The van der Waals surface area contributed by atoms with Gasteiger partial charge >= 0.3 is 5.97 Å². The Balaban J connectivity index is 1.54. The Morgan fingerprint density at radius 1 is 1.11 bits per heavy atom. The second-order valence-corrected chi connectivity index (χ2v) is 12.7. The Bertz CT molecular complexity index is 2140. The van der Waals surface area contributed by atoms with Crippen LogP contribution < -0.4 is 19.6 Å². The van der Waals surface area contributed by atoms with Crippen LogP contribution in [0.2, 0.25) is 5.02 Å². The van der Waals surface area contributed by atoms with Crippen LogP contribution in [0.1, 0.15) is 42.3 Å². The SMILES string of the molecule is CCOC(=O)C1=C(C)N=c2s/c(=C/c3c(C)n(Cc4ccc(Cl)cc4)c4ccccc34)c(=O)n2[C@@H]1c1ccc(OC)c(Br)c1. The van der Waals surface area contributed by atoms with E-state index in [0.717, 1.165) is 33.3 Å². The highest BCUT2D eigenvalue weighted by atomic mass is 79.9. The van der Waals surface area contributed by atoms with Crippen LogP contribution in [-0.2, 0) is 16.1 Å². The van der Waals surface area contributed by atoms with Gasteiger partial charge < -0.3 is 14.0 Å². The average molecular weight is 691 g/mol. The van der Waals surface area contributed by atoms with Crippen LogP contribution >= 0.6 is 38.9 Å². The second kappa shape index (κ2) is 12.2. The molecule has 5 aromatic rings. The van der Waals surface area contributed by atoms with Crippen LogP contribution in [0, 0.1) is 6.92 Å². The molecule has 224 valence electrons. The molecule has 2 aromatic heterocycles. The highest BCUT2D eigenvalue weighted by Gasteiger charge is 2.33. The summed E-state index contributed by atoms with van der Waals surface area (Å²) >= 11 is 11.0. The number of carbonyl (C=O) groups is 1. The summed E-state index contributed by atoms with van der Waals surface area (Å²) in [4.78, 5) is 32.8. The van der Waals surface area contributed by atoms with Crippen molar-refractivity contribution in [2.75, 3.05) is 13.7 Å². The number of ether oxygens (including phenoxy) is 2. The predicted octanol–water partition coefficient (Wildman–Crippen LogP) is 6.53. The number of hydrogen-bond acceptors (Lipinski definition) is 6. The van der Waals surface area contributed by atoms with Gasteiger partial charge in [0.2, 0.25) is 0 Å². The zero-order valence-electron chi connectivity index (χ0n) is 24.6. The summed E-state index contributed by atoms with van der Waals surface area (Å²) in [5.41, 5.74) is 5.54. The molecule has 0 aliphatic carbocycles. The van der Waals surface area contributed by atoms with Gasteiger partial charge in [0.15, 0.2) is 4.80 Å². The first-order valence-corrected chi connectivity index (χ1v) is 16.1. The summed E-state index contributed by atoms with van der Waals surface area (Å²) in [5, 5.41) is 1.74. The summed E-state index contributed by atoms with van der Waals surface area (Å²) in [6.45, 7) is 6.47. The van der Waals surface area contributed by atoms with Gasteiger partial charge in [-0.2, -0.15) is 0 Å². The molecule has 0 spiro atoms. The number of hydrogen-bond donors (Lipinski definition) is 0. The van der Waals surface area contributed by atoms with Gasteiger partial charge in [0, 0.05) is 33.7 Å². The van der Waals surface area contributed by atoms with Crippen molar-refractivity contribution in [3.05, 3.63) is 130 Å². The Morgan fingerprint density at radius 2 is 1.86 bits per heavy atom. The first-order valence-electron chi connectivity index (χ1n) is 14.1. The minimum Gasteiger partial charge on any atom is -0.496 e. The van der Waals surface area contributed by atoms with E-state index in [4.69, 9.17) is 26.1 Å². The zero-order chi connectivity index (χ0) is 31.1. The number of allylic oxidation sites excluding steroid dienone is 1. The van der Waals surface area contributed by atoms with E-state index in [1.807, 2.05) is 60.7 Å². The molecule has 1 aliphatic heterocycles. The van der Waals surface area contributed by atoms with Crippen molar-refractivity contribution in [3.8, 4) is 5.75 Å². The van der Waals surface area contributed by atoms with Crippen molar-refractivity contribution in [2.45, 2.75) is 33.4 Å². The number of halogens is 2. The first kappa shape index (κ1) is 30.1. The van der Waals surface area contributed by atoms with E-state index in [2.05, 4.69) is 39.6 Å². The number of methoxy groups -OCH3 is 1. The minimum absolute atomic E-state index is 0.207. The summed E-state index contributed by atoms with van der Waals surface area (Å²) in [6.07, 6.45) is 1.95. The molecular weight excluding hydrogens is 662 g/mol. The van der Waals surface area contributed by atoms with Gasteiger partial charge in [-0.3, -0.25) is 9.36 Å². The van der Waals surface area contributed by atoms with Crippen molar-refractivity contribution in [1.82, 2.24) is 9.13 Å². The van der Waals surface area contributed by atoms with Crippen LogP contribution in [0.4, 0.5) is 0 Å². The van der Waals surface area contributed by atoms with Gasteiger partial charge in [0.25, 0.3) is 5.56 Å². The largest absolute Gasteiger partial charge is 0.496 e. The number of esters is 1. The molecule has 1 atom stereocenters. The minimum atomic E-state index is -0.720. The summed E-state index contributed by atoms with van der Waals surface area (Å²) in [5.74, 6) is 0.145. The third-order valence-electron chi connectivity index (χ3n) is 7.82. The van der Waals surface area contributed by atoms with E-state index in [0.29, 0.717) is 42.4 Å². The number of para-hydroxylation sites is 1. The molecule has 0 amide bonds. The third-order valence-corrected chi connectivity index (χ3v) is 9.67. The standard InChI is InChI=1S/C34H29BrClN3O4S/c1-5-43-33(41)30-19(2)37-34-39(31(30)22-12-15-28(42-4)26(35)16-22)32(40)29(44-34)17-25-20(3)38(27-9-7-6-8-24(25)27)18-21-10-13-23(36)14-11-21/h6-17,31H,5,18H2,1-4H3/b29-17+/t31-/m1/s1. The van der Waals surface area contributed by atoms with E-state index in [1.165, 1.54) is 11.3 Å². The van der Waals surface area contributed by atoms with Crippen molar-refractivity contribution in [3.63, 3.8) is 0 Å². The maximum Gasteiger partial charge on any atom is 0.338 e. The lowest BCUT2D eigenvalue weighted by Gasteiger charge is -2.25. The van der Waals surface area contributed by atoms with E-state index in [9.17, 15) is 9.59 Å². The van der Waals surface area contributed by atoms with E-state index in [-0.39, 0.29) is 12.2 Å². The highest BCUT2D eigenvalue weighted by molar-refractivity contribution is 9.10. The lowest BCUT2D eigenvalue weighted by molar-refractivity contribution is -0.139. The average Bonchev–Trinajstić information content (AvgIpc) is 3.46. The molecule has 0 fully saturated rings. The molecule has 0 bridgehead atoms. The fourth-order valence-corrected chi connectivity index (χ4v) is 7.42. The molecule has 0 radical (unpaired) electrons. The lowest BCUT2D eigenvalue weighted by atomic mass is 9.96. The third kappa shape index (κ3) is 5.33. The highest BCUT2D eigenvalue weighted by Crippen LogP contribution is 2.35. The quantitative estimate of drug-likeness (QED) is 0.182. The van der Waals surface area contributed by atoms with Gasteiger partial charge in [0.05, 0.1) is 40.0 Å². The topological polar surface area (TPSA) is 74.8 Å². The second-order valence-electron chi connectivity index (χ2n) is 10.4. The molecule has 44 heavy (non-hydrogen) atoms. The maximum atomic E-state index is 14.3. The summed E-state index contributed by atoms with van der Waals surface area (Å²) in [7, 11) is 1.59. The number of thiazole rings is 1. The lowest BCUT2D eigenvalue weighted by Crippen LogP contribution is -2.40. The molecule has 7 nitrogen and oxygen atoms in total. The number of fused-ring (bicyclic) bond motifs is 2. The molecule has 10 heteroatoms. The monoisotopic (exact) mass is 689 g/mol. The van der Waals surface area contributed by atoms with E-state index >= 15 is 0 Å². The molecule has 3 heterocycles. The van der Waals surface area contributed by atoms with Crippen LogP contribution in [-0.4, -0.2) is 28.8 Å². The van der Waals surface area contributed by atoms with Gasteiger partial charge in [-0.15, -0.1) is 0 Å². The molecule has 0 saturated heterocycles. The van der Waals surface area contributed by atoms with Crippen molar-refractivity contribution >= 4 is 61.8 Å². The number of nitrogens with zero attached hydrogens (tertiary/aromatic N) is 3. The van der Waals surface area contributed by atoms with Crippen molar-refractivity contribution in [1.29, 1.82) is 0 Å². The predicted molar refractivity (Wildman–Crippen MR) is 178 cm³/mol. The molecular formula is C34H29BrClN3O4S. The molecule has 6 rings (SSSR count). The maximum absolute atomic E-state index is 14.3. The molecule has 3 aromatic carbocycles. The van der Waals surface area contributed by atoms with E-state index < -0.39 is 12.0 Å². The first-order chi connectivity index (χ1) is 21.2. The molecule has 1 aliphatic rings. The van der Waals surface area contributed by atoms with Gasteiger partial charge in [-0.25, -0.2) is 9.79 Å². The fourth-order valence-electron chi connectivity index (χ4n) is 5.71. The van der Waals surface area contributed by atoms with Crippen LogP contribution in [0.15, 0.2) is 92.3 Å². The molecule has 0 saturated carbocycles.